The van der Waals surface area contributed by atoms with Crippen molar-refractivity contribution in [3.05, 3.63) is 51.2 Å². The molecule has 0 atom stereocenters. The summed E-state index contributed by atoms with van der Waals surface area (Å²) in [6.07, 6.45) is 0.468. The molecule has 1 heterocycles. The summed E-state index contributed by atoms with van der Waals surface area (Å²) < 4.78 is 0. The third-order valence-electron chi connectivity index (χ3n) is 3.04. The minimum absolute atomic E-state index is 0.0696. The third-order valence-corrected chi connectivity index (χ3v) is 3.91. The van der Waals surface area contributed by atoms with Crippen molar-refractivity contribution >= 4 is 22.9 Å². The maximum atomic E-state index is 12.1. The van der Waals surface area contributed by atoms with Crippen molar-refractivity contribution in [2.24, 2.45) is 0 Å². The number of benzene rings is 1. The quantitative estimate of drug-likeness (QED) is 0.854. The first-order chi connectivity index (χ1) is 10.1. The van der Waals surface area contributed by atoms with E-state index in [2.05, 4.69) is 17.2 Å². The van der Waals surface area contributed by atoms with E-state index in [0.29, 0.717) is 12.0 Å². The molecule has 3 nitrogen and oxygen atoms in total. The molecule has 0 aliphatic heterocycles. The van der Waals surface area contributed by atoms with E-state index in [9.17, 15) is 4.79 Å². The molecular formula is C17H17NO2S. The first-order valence-electron chi connectivity index (χ1n) is 6.66. The smallest absolute Gasteiger partial charge is 0.256 e. The van der Waals surface area contributed by atoms with E-state index in [0.717, 1.165) is 22.4 Å². The molecule has 0 bridgehead atoms. The highest BCUT2D eigenvalue weighted by molar-refractivity contribution is 7.08. The molecule has 0 spiro atoms. The van der Waals surface area contributed by atoms with E-state index in [1.54, 1.807) is 0 Å². The van der Waals surface area contributed by atoms with Crippen LogP contribution in [0, 0.1) is 25.7 Å². The molecule has 2 rings (SSSR count). The lowest BCUT2D eigenvalue weighted by Crippen LogP contribution is -2.12. The van der Waals surface area contributed by atoms with Crippen LogP contribution in [0.25, 0.3) is 0 Å². The fraction of sp³-hybridized carbons (Fsp3) is 0.235. The van der Waals surface area contributed by atoms with Crippen molar-refractivity contribution in [3.63, 3.8) is 0 Å². The van der Waals surface area contributed by atoms with Gasteiger partial charge in [-0.1, -0.05) is 11.8 Å². The van der Waals surface area contributed by atoms with Crippen LogP contribution in [0.3, 0.4) is 0 Å². The Hall–Kier alpha value is -2.09. The van der Waals surface area contributed by atoms with Crippen LogP contribution in [0.15, 0.2) is 29.0 Å². The summed E-state index contributed by atoms with van der Waals surface area (Å²) in [5.41, 5.74) is 4.37. The van der Waals surface area contributed by atoms with E-state index < -0.39 is 0 Å². The predicted octanol–water partition coefficient (Wildman–Crippen LogP) is 3.35. The number of hydrogen-bond acceptors (Lipinski definition) is 3. The largest absolute Gasteiger partial charge is 0.395 e. The third kappa shape index (κ3) is 3.94. The lowest BCUT2D eigenvalue weighted by Gasteiger charge is -2.07. The van der Waals surface area contributed by atoms with Crippen LogP contribution in [0.5, 0.6) is 0 Å². The SMILES string of the molecule is Cc1cc(NC(=O)c2cscc2C)ccc1C#CCCO. The van der Waals surface area contributed by atoms with Gasteiger partial charge < -0.3 is 10.4 Å². The van der Waals surface area contributed by atoms with Gasteiger partial charge in [-0.2, -0.15) is 11.3 Å². The van der Waals surface area contributed by atoms with Crippen LogP contribution in [0.1, 0.15) is 33.5 Å². The van der Waals surface area contributed by atoms with E-state index in [4.69, 9.17) is 5.11 Å². The summed E-state index contributed by atoms with van der Waals surface area (Å²) in [7, 11) is 0. The summed E-state index contributed by atoms with van der Waals surface area (Å²) in [5.74, 6) is 5.82. The van der Waals surface area contributed by atoms with Gasteiger partial charge in [0, 0.05) is 23.1 Å². The first kappa shape index (κ1) is 15.3. The molecule has 0 aliphatic rings. The molecule has 0 radical (unpaired) electrons. The minimum atomic E-state index is -0.0905. The molecule has 0 aliphatic carbocycles. The Bertz CT molecular complexity index is 707. The average molecular weight is 299 g/mol. The van der Waals surface area contributed by atoms with Gasteiger partial charge in [0.05, 0.1) is 12.2 Å². The Morgan fingerprint density at radius 2 is 2.10 bits per heavy atom. The van der Waals surface area contributed by atoms with Gasteiger partial charge in [0.1, 0.15) is 0 Å². The van der Waals surface area contributed by atoms with E-state index in [-0.39, 0.29) is 12.5 Å². The van der Waals surface area contributed by atoms with Crippen molar-refractivity contribution in [3.8, 4) is 11.8 Å². The maximum Gasteiger partial charge on any atom is 0.256 e. The van der Waals surface area contributed by atoms with Gasteiger partial charge in [-0.3, -0.25) is 4.79 Å². The normalized spacial score (nSPS) is 9.86. The molecular weight excluding hydrogens is 282 g/mol. The highest BCUT2D eigenvalue weighted by atomic mass is 32.1. The molecule has 1 aromatic carbocycles. The molecule has 0 fully saturated rings. The number of aliphatic hydroxyl groups is 1. The molecule has 0 saturated heterocycles. The fourth-order valence-corrected chi connectivity index (χ4v) is 2.72. The van der Waals surface area contributed by atoms with Gasteiger partial charge in [-0.05, 0) is 48.6 Å². The molecule has 1 aromatic heterocycles. The van der Waals surface area contributed by atoms with Gasteiger partial charge in [0.25, 0.3) is 5.91 Å². The maximum absolute atomic E-state index is 12.1. The predicted molar refractivity (Wildman–Crippen MR) is 86.8 cm³/mol. The number of rotatable bonds is 3. The number of amides is 1. The molecule has 1 amide bonds. The number of anilines is 1. The van der Waals surface area contributed by atoms with E-state index in [1.165, 1.54) is 11.3 Å². The molecule has 0 saturated carbocycles. The Kier molecular flexibility index (Phi) is 5.15. The van der Waals surface area contributed by atoms with Crippen LogP contribution in [-0.4, -0.2) is 17.6 Å². The highest BCUT2D eigenvalue weighted by Gasteiger charge is 2.10. The molecule has 21 heavy (non-hydrogen) atoms. The van der Waals surface area contributed by atoms with Crippen LogP contribution in [-0.2, 0) is 0 Å². The van der Waals surface area contributed by atoms with Crippen LogP contribution in [0.4, 0.5) is 5.69 Å². The second kappa shape index (κ2) is 7.07. The Balaban J connectivity index is 2.12. The summed E-state index contributed by atoms with van der Waals surface area (Å²) in [6.45, 7) is 3.95. The van der Waals surface area contributed by atoms with Crippen molar-refractivity contribution in [2.45, 2.75) is 20.3 Å². The number of hydrogen-bond donors (Lipinski definition) is 2. The number of thiophene rings is 1. The van der Waals surface area contributed by atoms with E-state index in [1.807, 2.05) is 42.8 Å². The lowest BCUT2D eigenvalue weighted by atomic mass is 10.1. The summed E-state index contributed by atoms with van der Waals surface area (Å²) >= 11 is 1.52. The zero-order valence-electron chi connectivity index (χ0n) is 12.1. The van der Waals surface area contributed by atoms with Crippen LogP contribution in [0.2, 0.25) is 0 Å². The fourth-order valence-electron chi connectivity index (χ4n) is 1.89. The molecule has 2 N–H and O–H groups in total. The number of carbonyl (C=O) groups excluding carboxylic acids is 1. The zero-order chi connectivity index (χ0) is 15.2. The van der Waals surface area contributed by atoms with Gasteiger partial charge in [0.15, 0.2) is 0 Å². The highest BCUT2D eigenvalue weighted by Crippen LogP contribution is 2.18. The Morgan fingerprint density at radius 3 is 2.71 bits per heavy atom. The van der Waals surface area contributed by atoms with Crippen molar-refractivity contribution in [2.75, 3.05) is 11.9 Å². The number of carbonyl (C=O) groups is 1. The lowest BCUT2D eigenvalue weighted by molar-refractivity contribution is 0.102. The minimum Gasteiger partial charge on any atom is -0.395 e. The summed E-state index contributed by atoms with van der Waals surface area (Å²) in [5, 5.41) is 15.4. The number of aryl methyl sites for hydroxylation is 2. The average Bonchev–Trinajstić information content (AvgIpc) is 2.88. The van der Waals surface area contributed by atoms with Gasteiger partial charge in [0.2, 0.25) is 0 Å². The standard InChI is InChI=1S/C17H17NO2S/c1-12-9-15(7-6-14(12)5-3-4-8-19)18-17(20)16-11-21-10-13(16)2/h6-7,9-11,19H,4,8H2,1-2H3,(H,18,20). The van der Waals surface area contributed by atoms with E-state index >= 15 is 0 Å². The molecule has 2 aromatic rings. The first-order valence-corrected chi connectivity index (χ1v) is 7.60. The second-order valence-corrected chi connectivity index (χ2v) is 5.47. The Morgan fingerprint density at radius 1 is 1.29 bits per heavy atom. The number of nitrogens with one attached hydrogen (secondary N) is 1. The zero-order valence-corrected chi connectivity index (χ0v) is 12.9. The molecule has 108 valence electrons. The van der Waals surface area contributed by atoms with Gasteiger partial charge in [-0.15, -0.1) is 0 Å². The molecule has 0 unspecified atom stereocenters. The van der Waals surface area contributed by atoms with Gasteiger partial charge >= 0.3 is 0 Å². The van der Waals surface area contributed by atoms with Crippen molar-refractivity contribution in [1.29, 1.82) is 0 Å². The number of aliphatic hydroxyl groups excluding tert-OH is 1. The Labute approximate surface area is 128 Å². The van der Waals surface area contributed by atoms with Gasteiger partial charge in [-0.25, -0.2) is 0 Å². The van der Waals surface area contributed by atoms with Crippen LogP contribution >= 0.6 is 11.3 Å². The summed E-state index contributed by atoms with van der Waals surface area (Å²) in [4.78, 5) is 12.1. The molecule has 4 heteroatoms. The monoisotopic (exact) mass is 299 g/mol. The van der Waals surface area contributed by atoms with Crippen molar-refractivity contribution < 1.29 is 9.90 Å². The van der Waals surface area contributed by atoms with Crippen molar-refractivity contribution in [1.82, 2.24) is 0 Å². The topological polar surface area (TPSA) is 49.3 Å². The van der Waals surface area contributed by atoms with Crippen LogP contribution < -0.4 is 5.32 Å². The second-order valence-electron chi connectivity index (χ2n) is 4.73. The summed E-state index contributed by atoms with van der Waals surface area (Å²) in [6, 6.07) is 5.63.